The molecule has 29 heteroatoms. The topological polar surface area (TPSA) is 279 Å². The number of likely N-dealkylation sites (N-methyl/N-ethyl adjacent to an activating group) is 6. The number of alkyl halides is 4. The zero-order chi connectivity index (χ0) is 77.1. The van der Waals surface area contributed by atoms with Crippen molar-refractivity contribution in [1.82, 2.24) is 60.0 Å². The van der Waals surface area contributed by atoms with Gasteiger partial charge in [0.2, 0.25) is 70.9 Å². The maximum Gasteiger partial charge on any atom is 0.393 e. The Bertz CT molecular complexity index is 3140. The van der Waals surface area contributed by atoms with Gasteiger partial charge in [-0.3, -0.25) is 57.5 Å². The monoisotopic (exact) mass is 1500 g/mol. The van der Waals surface area contributed by atoms with E-state index in [0.29, 0.717) is 50.9 Å². The number of carbonyl (C=O) groups excluding carboxylic acids is 12. The molecule has 8 rings (SSSR count). The van der Waals surface area contributed by atoms with E-state index in [1.807, 2.05) is 32.9 Å². The third-order valence-corrected chi connectivity index (χ3v) is 24.5. The number of rotatable bonds is 14. The van der Waals surface area contributed by atoms with Gasteiger partial charge in [0, 0.05) is 86.9 Å². The Balaban J connectivity index is 1.19. The maximum absolute atomic E-state index is 15.6. The summed E-state index contributed by atoms with van der Waals surface area (Å²) < 4.78 is 48.5. The van der Waals surface area contributed by atoms with E-state index >= 15 is 33.6 Å². The van der Waals surface area contributed by atoms with E-state index < -0.39 is 180 Å². The van der Waals surface area contributed by atoms with Crippen molar-refractivity contribution < 1.29 is 75.4 Å². The molecule has 0 aromatic rings. The highest BCUT2D eigenvalue weighted by molar-refractivity contribution is 6.21. The van der Waals surface area contributed by atoms with Gasteiger partial charge in [0.15, 0.2) is 0 Å². The molecule has 5 aliphatic carbocycles. The zero-order valence-corrected chi connectivity index (χ0v) is 65.0. The average Bonchev–Trinajstić information content (AvgIpc) is 1.75. The third-order valence-electron chi connectivity index (χ3n) is 24.0. The van der Waals surface area contributed by atoms with Crippen LogP contribution in [-0.2, 0) is 62.3 Å². The fraction of sp³-hybridized carbons (Fsp3) is 0.816. The lowest BCUT2D eigenvalue weighted by Gasteiger charge is -2.46. The minimum absolute atomic E-state index is 0.00149. The Labute approximate surface area is 624 Å². The van der Waals surface area contributed by atoms with Crippen LogP contribution in [0.1, 0.15) is 202 Å². The van der Waals surface area contributed by atoms with Crippen LogP contribution in [-0.4, -0.2) is 275 Å². The van der Waals surface area contributed by atoms with Gasteiger partial charge in [0.1, 0.15) is 60.4 Å². The Morgan fingerprint density at radius 2 is 1.32 bits per heavy atom. The van der Waals surface area contributed by atoms with Crippen LogP contribution in [0.5, 0.6) is 0 Å². The summed E-state index contributed by atoms with van der Waals surface area (Å²) in [5, 5.41) is 7.63. The molecule has 2 bridgehead atoms. The molecule has 3 N–H and O–H groups in total. The van der Waals surface area contributed by atoms with E-state index in [2.05, 4.69) is 22.9 Å². The molecule has 8 aliphatic rings. The van der Waals surface area contributed by atoms with Gasteiger partial charge in [0.05, 0.1) is 25.0 Å². The molecule has 105 heavy (non-hydrogen) atoms. The Kier molecular flexibility index (Phi) is 29.6. The highest BCUT2D eigenvalue weighted by atomic mass is 35.5. The van der Waals surface area contributed by atoms with E-state index in [1.54, 1.807) is 6.92 Å². The normalized spacial score (nSPS) is 32.1. The molecule has 5 saturated carbocycles. The molecule has 3 heterocycles. The van der Waals surface area contributed by atoms with Gasteiger partial charge < -0.3 is 64.8 Å². The van der Waals surface area contributed by atoms with Gasteiger partial charge in [-0.1, -0.05) is 84.8 Å². The van der Waals surface area contributed by atoms with Crippen molar-refractivity contribution in [3.63, 3.8) is 0 Å². The lowest BCUT2D eigenvalue weighted by molar-refractivity contribution is -0.182. The van der Waals surface area contributed by atoms with Crippen molar-refractivity contribution in [2.24, 2.45) is 35.5 Å². The lowest BCUT2D eigenvalue weighted by Crippen LogP contribution is -2.68. The highest BCUT2D eigenvalue weighted by Gasteiger charge is 2.55. The first-order chi connectivity index (χ1) is 49.6. The molecule has 3 unspecified atom stereocenters. The average molecular weight is 1500 g/mol. The predicted octanol–water partition coefficient (Wildman–Crippen LogP) is 6.42. The number of carbonyl (C=O) groups is 12. The quantitative estimate of drug-likeness (QED) is 0.125. The molecule has 0 aromatic heterocycles. The van der Waals surface area contributed by atoms with E-state index in [0.717, 1.165) is 38.5 Å². The van der Waals surface area contributed by atoms with Crippen molar-refractivity contribution >= 4 is 82.5 Å². The summed E-state index contributed by atoms with van der Waals surface area (Å²) >= 11 is 6.46. The van der Waals surface area contributed by atoms with Gasteiger partial charge in [-0.2, -0.15) is 13.2 Å². The van der Waals surface area contributed by atoms with Crippen LogP contribution in [0.4, 0.5) is 13.2 Å². The van der Waals surface area contributed by atoms with Crippen LogP contribution in [0.25, 0.3) is 0 Å². The summed E-state index contributed by atoms with van der Waals surface area (Å²) in [6, 6.07) is -10.3. The van der Waals surface area contributed by atoms with Gasteiger partial charge >= 0.3 is 6.18 Å². The van der Waals surface area contributed by atoms with Crippen molar-refractivity contribution in [3.8, 4) is 0 Å². The number of nitrogens with zero attached hydrogens (tertiary/aromatic N) is 9. The SMILES string of the molecule is CCC[C@H]1C(=O)N[C@@H](CC(C)C)C(=O)N(C2CC2)CC(=O)N(C)[C@H]2C/C=C\CCN(C2=O)[C@@H](CC2CCC(C)CC2)C(=O)N(C)CC(=O)N[C@@H](CCC2CCC(C(F)(F)F)C(Cl)C2)C(=O)N2C[C@H](OCC)C[C@H]2C(=O)NC2(CCC2)C(=O)N(C)[C@@H](C2CCCC2)C(=O)N(C)[C@H](C(=O)N(C)C)CC(=O)N1C. The number of halogens is 4. The van der Waals surface area contributed by atoms with Crippen LogP contribution in [0.2, 0.25) is 0 Å². The first-order valence-electron chi connectivity index (χ1n) is 38.9. The summed E-state index contributed by atoms with van der Waals surface area (Å²) in [6.07, 6.45) is 6.97. The number of nitrogens with one attached hydrogen (secondary N) is 3. The Morgan fingerprint density at radius 1 is 0.667 bits per heavy atom. The van der Waals surface area contributed by atoms with Crippen molar-refractivity contribution in [2.45, 2.75) is 279 Å². The second-order valence-corrected chi connectivity index (χ2v) is 33.0. The molecule has 1 spiro atoms. The predicted molar refractivity (Wildman–Crippen MR) is 388 cm³/mol. The Morgan fingerprint density at radius 3 is 1.91 bits per heavy atom. The van der Waals surface area contributed by atoms with Crippen LogP contribution >= 0.6 is 11.6 Å². The number of fused-ring (bicyclic) bond motifs is 3. The van der Waals surface area contributed by atoms with Crippen LogP contribution in [0.3, 0.4) is 0 Å². The highest BCUT2D eigenvalue weighted by Crippen LogP contribution is 2.45. The molecule has 3 aliphatic heterocycles. The largest absolute Gasteiger partial charge is 0.393 e. The molecule has 12 amide bonds. The van der Waals surface area contributed by atoms with Crippen molar-refractivity contribution in [2.75, 3.05) is 82.1 Å². The smallest absolute Gasteiger partial charge is 0.377 e. The maximum atomic E-state index is 15.6. The lowest BCUT2D eigenvalue weighted by atomic mass is 9.74. The molecular weight excluding hydrogens is 1380 g/mol. The zero-order valence-electron chi connectivity index (χ0n) is 64.2. The summed E-state index contributed by atoms with van der Waals surface area (Å²) in [4.78, 5) is 194. The molecule has 25 nitrogen and oxygen atoms in total. The minimum atomic E-state index is -4.53. The van der Waals surface area contributed by atoms with Gasteiger partial charge in [-0.15, -0.1) is 11.6 Å². The second kappa shape index (κ2) is 37.0. The van der Waals surface area contributed by atoms with Crippen LogP contribution in [0, 0.1) is 35.5 Å². The summed E-state index contributed by atoms with van der Waals surface area (Å²) in [7, 11) is 10.2. The molecule has 7 fully saturated rings. The number of hydrogen-bond donors (Lipinski definition) is 3. The van der Waals surface area contributed by atoms with E-state index in [9.17, 15) is 37.1 Å². The number of amides is 12. The Hall–Kier alpha value is -6.58. The van der Waals surface area contributed by atoms with Crippen molar-refractivity contribution in [3.05, 3.63) is 12.2 Å². The van der Waals surface area contributed by atoms with E-state index in [-0.39, 0.29) is 115 Å². The fourth-order valence-electron chi connectivity index (χ4n) is 17.3. The van der Waals surface area contributed by atoms with Crippen LogP contribution in [0.15, 0.2) is 12.2 Å². The summed E-state index contributed by atoms with van der Waals surface area (Å²) in [5.41, 5.74) is -1.58. The minimum Gasteiger partial charge on any atom is -0.377 e. The van der Waals surface area contributed by atoms with Gasteiger partial charge in [-0.25, -0.2) is 0 Å². The molecule has 0 aromatic carbocycles. The third kappa shape index (κ3) is 20.8. The summed E-state index contributed by atoms with van der Waals surface area (Å²) in [5.74, 6) is -9.79. The first-order valence-corrected chi connectivity index (χ1v) is 39.4. The molecule has 2 saturated heterocycles. The first kappa shape index (κ1) is 84.0. The molecule has 590 valence electrons. The summed E-state index contributed by atoms with van der Waals surface area (Å²) in [6.45, 7) is 8.60. The molecule has 12 atom stereocenters. The van der Waals surface area contributed by atoms with Crippen LogP contribution < -0.4 is 16.0 Å². The standard InChI is InChI=1S/C76H120ClF3N12O13/c1-13-21-57-66(96)82-56(38-46(3)4)69(99)91(51-31-32-51)45-64(95)87(10)58-24-16-15-19-37-90(72(58)102)61(40-49-27-25-47(5)26-28-49)71(101)85(8)44-62(93)81-55(34-30-48-29-33-53(54(77)39-48)76(78,79)80)68(98)92-43-52(105-14-2)41-59(92)67(97)83-75(35-20-36-75)74(104)89(12)65(50-22-17-18-23-50)73(103)88(11)60(70(100)84(6)7)42-63(94)86(57)9/h15-16,46-61,65H,13-14,17-45H2,1-12H3,(H,81,93)(H,82,96)(H,83,97)/b16-15-/t47?,48?,49?,52-,53?,54?,55+,56+,57+,58+,59+,60+,61+,65+/m1/s1. The van der Waals surface area contributed by atoms with Gasteiger partial charge in [-0.05, 0) is 146 Å². The van der Waals surface area contributed by atoms with Crippen molar-refractivity contribution in [1.29, 1.82) is 0 Å². The molecular formula is C76H120ClF3N12O13. The van der Waals surface area contributed by atoms with E-state index in [4.69, 9.17) is 16.3 Å². The molecule has 0 radical (unpaired) electrons. The van der Waals surface area contributed by atoms with Gasteiger partial charge in [0.25, 0.3) is 0 Å². The fourth-order valence-corrected chi connectivity index (χ4v) is 17.8. The van der Waals surface area contributed by atoms with E-state index in [1.165, 1.54) is 93.4 Å². The second-order valence-electron chi connectivity index (χ2n) is 32.4. The number of hydrogen-bond acceptors (Lipinski definition) is 13. The number of ether oxygens (including phenoxy) is 1.